The van der Waals surface area contributed by atoms with Crippen LogP contribution < -0.4 is 4.90 Å². The fourth-order valence-electron chi connectivity index (χ4n) is 1.76. The minimum atomic E-state index is -0.405. The average Bonchev–Trinajstić information content (AvgIpc) is 2.45. The van der Waals surface area contributed by atoms with Crippen molar-refractivity contribution >= 4 is 27.7 Å². The Morgan fingerprint density at radius 2 is 2.12 bits per heavy atom. The van der Waals surface area contributed by atoms with E-state index in [1.165, 1.54) is 0 Å². The number of carbonyl (C=O) groups is 1. The first-order valence-corrected chi connectivity index (χ1v) is 5.95. The van der Waals surface area contributed by atoms with Crippen LogP contribution in [-0.2, 0) is 4.74 Å². The zero-order valence-electron chi connectivity index (χ0n) is 9.58. The Bertz CT molecular complexity index is 443. The zero-order chi connectivity index (χ0) is 11.9. The number of rotatable bonds is 1. The molecule has 3 nitrogen and oxygen atoms in total. The molecule has 0 atom stereocenters. The highest BCUT2D eigenvalue weighted by atomic mass is 79.9. The molecule has 1 aromatic rings. The summed E-state index contributed by atoms with van der Waals surface area (Å²) in [7, 11) is 0. The number of hydrogen-bond donors (Lipinski definition) is 0. The molecule has 0 unspecified atom stereocenters. The van der Waals surface area contributed by atoms with Gasteiger partial charge in [-0.05, 0) is 44.5 Å². The van der Waals surface area contributed by atoms with Gasteiger partial charge in [0.25, 0.3) is 0 Å². The van der Waals surface area contributed by atoms with Crippen molar-refractivity contribution in [1.29, 1.82) is 0 Å². The first-order valence-electron chi connectivity index (χ1n) is 5.16. The first-order chi connectivity index (χ1) is 7.39. The monoisotopic (exact) mass is 283 g/mol. The second-order valence-corrected chi connectivity index (χ2v) is 5.50. The van der Waals surface area contributed by atoms with Crippen molar-refractivity contribution in [3.63, 3.8) is 0 Å². The van der Waals surface area contributed by atoms with Gasteiger partial charge in [0, 0.05) is 10.2 Å². The predicted octanol–water partition coefficient (Wildman–Crippen LogP) is 3.49. The fraction of sp³-hybridized carbons (Fsp3) is 0.417. The molecule has 0 aromatic heterocycles. The zero-order valence-corrected chi connectivity index (χ0v) is 11.2. The van der Waals surface area contributed by atoms with Crippen molar-refractivity contribution in [2.75, 3.05) is 11.4 Å². The number of hydrogen-bond acceptors (Lipinski definition) is 2. The van der Waals surface area contributed by atoms with Crippen LogP contribution in [0.1, 0.15) is 19.4 Å². The lowest BCUT2D eigenvalue weighted by Crippen LogP contribution is -2.28. The molecule has 1 aromatic carbocycles. The molecular weight excluding hydrogens is 270 g/mol. The minimum absolute atomic E-state index is 0.272. The molecular formula is C12H14BrNO2. The van der Waals surface area contributed by atoms with Gasteiger partial charge < -0.3 is 4.74 Å². The minimum Gasteiger partial charge on any atom is -0.441 e. The molecule has 0 saturated carbocycles. The van der Waals surface area contributed by atoms with Gasteiger partial charge in [-0.2, -0.15) is 0 Å². The van der Waals surface area contributed by atoms with Gasteiger partial charge in [0.1, 0.15) is 5.60 Å². The van der Waals surface area contributed by atoms with E-state index in [-0.39, 0.29) is 6.09 Å². The van der Waals surface area contributed by atoms with Crippen molar-refractivity contribution in [2.45, 2.75) is 26.4 Å². The van der Waals surface area contributed by atoms with E-state index < -0.39 is 5.60 Å². The number of amides is 1. The molecule has 86 valence electrons. The number of nitrogens with zero attached hydrogens (tertiary/aromatic N) is 1. The van der Waals surface area contributed by atoms with Crippen molar-refractivity contribution < 1.29 is 9.53 Å². The number of ether oxygens (including phenoxy) is 1. The van der Waals surface area contributed by atoms with Crippen LogP contribution in [0.25, 0.3) is 0 Å². The SMILES string of the molecule is Cc1cc(N2CC(C)(C)OC2=O)ccc1Br. The average molecular weight is 284 g/mol. The standard InChI is InChI=1S/C12H14BrNO2/c1-8-6-9(4-5-10(8)13)14-7-12(2,3)16-11(14)15/h4-6H,7H2,1-3H3. The van der Waals surface area contributed by atoms with Gasteiger partial charge in [0.2, 0.25) is 0 Å². The molecule has 0 aliphatic carbocycles. The molecule has 1 aliphatic rings. The molecule has 1 aliphatic heterocycles. The number of halogens is 1. The van der Waals surface area contributed by atoms with E-state index in [0.29, 0.717) is 6.54 Å². The summed E-state index contributed by atoms with van der Waals surface area (Å²) in [5.41, 5.74) is 1.59. The Morgan fingerprint density at radius 3 is 2.62 bits per heavy atom. The van der Waals surface area contributed by atoms with Crippen LogP contribution in [-0.4, -0.2) is 18.2 Å². The molecule has 0 N–H and O–H groups in total. The topological polar surface area (TPSA) is 29.5 Å². The van der Waals surface area contributed by atoms with Gasteiger partial charge >= 0.3 is 6.09 Å². The molecule has 1 saturated heterocycles. The van der Waals surface area contributed by atoms with Gasteiger partial charge in [-0.3, -0.25) is 4.90 Å². The van der Waals surface area contributed by atoms with E-state index >= 15 is 0 Å². The molecule has 0 bridgehead atoms. The molecule has 0 radical (unpaired) electrons. The van der Waals surface area contributed by atoms with Crippen LogP contribution in [0.15, 0.2) is 22.7 Å². The Morgan fingerprint density at radius 1 is 1.44 bits per heavy atom. The van der Waals surface area contributed by atoms with E-state index in [4.69, 9.17) is 4.74 Å². The second kappa shape index (κ2) is 3.77. The molecule has 1 amide bonds. The lowest BCUT2D eigenvalue weighted by Gasteiger charge is -2.16. The first kappa shape index (κ1) is 11.5. The van der Waals surface area contributed by atoms with Crippen LogP contribution >= 0.6 is 15.9 Å². The lowest BCUT2D eigenvalue weighted by molar-refractivity contribution is 0.0871. The van der Waals surface area contributed by atoms with Gasteiger partial charge in [-0.1, -0.05) is 15.9 Å². The lowest BCUT2D eigenvalue weighted by atomic mass is 10.1. The molecule has 16 heavy (non-hydrogen) atoms. The van der Waals surface area contributed by atoms with Crippen LogP contribution in [0.4, 0.5) is 10.5 Å². The summed E-state index contributed by atoms with van der Waals surface area (Å²) in [6.45, 7) is 6.42. The maximum Gasteiger partial charge on any atom is 0.415 e. The fourth-order valence-corrected chi connectivity index (χ4v) is 2.01. The Balaban J connectivity index is 2.32. The highest BCUT2D eigenvalue weighted by Crippen LogP contribution is 2.29. The van der Waals surface area contributed by atoms with Gasteiger partial charge in [0.15, 0.2) is 0 Å². The number of anilines is 1. The van der Waals surface area contributed by atoms with Crippen molar-refractivity contribution in [2.24, 2.45) is 0 Å². The summed E-state index contributed by atoms with van der Waals surface area (Å²) in [5, 5.41) is 0. The largest absolute Gasteiger partial charge is 0.441 e. The van der Waals surface area contributed by atoms with Gasteiger partial charge in [0.05, 0.1) is 6.54 Å². The van der Waals surface area contributed by atoms with Crippen molar-refractivity contribution in [3.8, 4) is 0 Å². The molecule has 1 heterocycles. The summed E-state index contributed by atoms with van der Waals surface area (Å²) in [5.74, 6) is 0. The molecule has 1 fully saturated rings. The Hall–Kier alpha value is -1.03. The van der Waals surface area contributed by atoms with Crippen LogP contribution in [0, 0.1) is 6.92 Å². The number of benzene rings is 1. The summed E-state index contributed by atoms with van der Waals surface area (Å²) in [6.07, 6.45) is -0.272. The predicted molar refractivity (Wildman–Crippen MR) is 66.8 cm³/mol. The van der Waals surface area contributed by atoms with Crippen molar-refractivity contribution in [1.82, 2.24) is 0 Å². The van der Waals surface area contributed by atoms with E-state index in [0.717, 1.165) is 15.7 Å². The normalized spacial score (nSPS) is 18.8. The quantitative estimate of drug-likeness (QED) is 0.790. The maximum atomic E-state index is 11.7. The molecule has 2 rings (SSSR count). The number of cyclic esters (lactones) is 1. The maximum absolute atomic E-state index is 11.7. The van der Waals surface area contributed by atoms with E-state index in [1.54, 1.807) is 4.90 Å². The van der Waals surface area contributed by atoms with E-state index in [1.807, 2.05) is 39.0 Å². The highest BCUT2D eigenvalue weighted by molar-refractivity contribution is 9.10. The number of aryl methyl sites for hydroxylation is 1. The summed E-state index contributed by atoms with van der Waals surface area (Å²) in [4.78, 5) is 13.3. The molecule has 4 heteroatoms. The Kier molecular flexibility index (Phi) is 2.70. The van der Waals surface area contributed by atoms with E-state index in [9.17, 15) is 4.79 Å². The summed E-state index contributed by atoms with van der Waals surface area (Å²) >= 11 is 3.44. The molecule has 0 spiro atoms. The third kappa shape index (κ3) is 2.07. The summed E-state index contributed by atoms with van der Waals surface area (Å²) < 4.78 is 6.31. The summed E-state index contributed by atoms with van der Waals surface area (Å²) in [6, 6.07) is 5.84. The van der Waals surface area contributed by atoms with Gasteiger partial charge in [-0.15, -0.1) is 0 Å². The second-order valence-electron chi connectivity index (χ2n) is 4.65. The van der Waals surface area contributed by atoms with Crippen LogP contribution in [0.2, 0.25) is 0 Å². The van der Waals surface area contributed by atoms with Crippen molar-refractivity contribution in [3.05, 3.63) is 28.2 Å². The van der Waals surface area contributed by atoms with Crippen LogP contribution in [0.5, 0.6) is 0 Å². The Labute approximate surface area is 104 Å². The van der Waals surface area contributed by atoms with Gasteiger partial charge in [-0.25, -0.2) is 4.79 Å². The van der Waals surface area contributed by atoms with Crippen LogP contribution in [0.3, 0.4) is 0 Å². The number of carbonyl (C=O) groups excluding carboxylic acids is 1. The van der Waals surface area contributed by atoms with E-state index in [2.05, 4.69) is 15.9 Å². The highest BCUT2D eigenvalue weighted by Gasteiger charge is 2.38. The third-order valence-corrected chi connectivity index (χ3v) is 3.47. The smallest absolute Gasteiger partial charge is 0.415 e. The third-order valence-electron chi connectivity index (χ3n) is 2.58.